The SMILES string of the molecule is C=C.CC.CNc1cc(-c2c(N)cccc2Oc2ccc(F)cc2)cn(C)c1=O. The minimum Gasteiger partial charge on any atom is -0.457 e. The van der Waals surface area contributed by atoms with Crippen molar-refractivity contribution in [2.75, 3.05) is 18.1 Å². The number of aromatic nitrogens is 1. The molecule has 154 valence electrons. The van der Waals surface area contributed by atoms with E-state index in [9.17, 15) is 9.18 Å². The van der Waals surface area contributed by atoms with Crippen molar-refractivity contribution in [2.24, 2.45) is 7.05 Å². The summed E-state index contributed by atoms with van der Waals surface area (Å²) in [6, 6.07) is 12.8. The number of nitrogens with zero attached hydrogens (tertiary/aromatic N) is 1. The van der Waals surface area contributed by atoms with Crippen molar-refractivity contribution in [2.45, 2.75) is 13.8 Å². The highest BCUT2D eigenvalue weighted by molar-refractivity contribution is 5.83. The normalized spacial score (nSPS) is 9.41. The molecule has 0 unspecified atom stereocenters. The summed E-state index contributed by atoms with van der Waals surface area (Å²) in [5.74, 6) is 0.677. The number of pyridine rings is 1. The standard InChI is InChI=1S/C19H18FN3O2.C2H6.C2H4/c1-22-16-10-12(11-23(2)19(16)24)18-15(21)4-3-5-17(18)25-14-8-6-13(20)7-9-14;2*1-2/h3-11,22H,21H2,1-2H3;1-2H3;1-2H2. The minimum atomic E-state index is -0.336. The number of nitrogen functional groups attached to an aromatic ring is 1. The molecule has 0 aliphatic carbocycles. The highest BCUT2D eigenvalue weighted by Crippen LogP contribution is 2.38. The van der Waals surface area contributed by atoms with Crippen molar-refractivity contribution in [1.82, 2.24) is 4.57 Å². The lowest BCUT2D eigenvalue weighted by Crippen LogP contribution is -2.19. The quantitative estimate of drug-likeness (QED) is 0.455. The van der Waals surface area contributed by atoms with Gasteiger partial charge in [0.25, 0.3) is 5.56 Å². The highest BCUT2D eigenvalue weighted by atomic mass is 19.1. The lowest BCUT2D eigenvalue weighted by Gasteiger charge is -2.15. The summed E-state index contributed by atoms with van der Waals surface area (Å²) in [4.78, 5) is 12.1. The van der Waals surface area contributed by atoms with E-state index >= 15 is 0 Å². The number of benzene rings is 2. The molecular weight excluding hydrogens is 369 g/mol. The second kappa shape index (κ2) is 11.3. The van der Waals surface area contributed by atoms with E-state index in [2.05, 4.69) is 18.5 Å². The van der Waals surface area contributed by atoms with Crippen LogP contribution in [0.3, 0.4) is 0 Å². The number of rotatable bonds is 4. The molecule has 1 aromatic heterocycles. The van der Waals surface area contributed by atoms with E-state index in [0.717, 1.165) is 5.56 Å². The number of halogens is 1. The smallest absolute Gasteiger partial charge is 0.273 e. The van der Waals surface area contributed by atoms with Gasteiger partial charge in [-0.15, -0.1) is 13.2 Å². The monoisotopic (exact) mass is 397 g/mol. The van der Waals surface area contributed by atoms with E-state index in [4.69, 9.17) is 10.5 Å². The van der Waals surface area contributed by atoms with Gasteiger partial charge in [-0.3, -0.25) is 4.79 Å². The predicted octanol–water partition coefficient (Wildman–Crippen LogP) is 5.44. The first-order chi connectivity index (χ1) is 14.0. The third-order valence-electron chi connectivity index (χ3n) is 3.84. The zero-order valence-electron chi connectivity index (χ0n) is 17.3. The molecule has 0 atom stereocenters. The number of aryl methyl sites for hydroxylation is 1. The molecule has 0 aliphatic heterocycles. The van der Waals surface area contributed by atoms with Gasteiger partial charge in [0.2, 0.25) is 0 Å². The number of anilines is 2. The number of ether oxygens (including phenoxy) is 1. The maximum Gasteiger partial charge on any atom is 0.273 e. The first-order valence-corrected chi connectivity index (χ1v) is 9.20. The molecule has 0 aliphatic rings. The summed E-state index contributed by atoms with van der Waals surface area (Å²) in [7, 11) is 3.36. The number of nitrogens with two attached hydrogens (primary N) is 1. The molecule has 0 spiro atoms. The zero-order valence-corrected chi connectivity index (χ0v) is 17.3. The molecule has 1 heterocycles. The van der Waals surface area contributed by atoms with E-state index in [1.54, 1.807) is 56.7 Å². The Balaban J connectivity index is 0.000000989. The fourth-order valence-corrected chi connectivity index (χ4v) is 2.60. The maximum atomic E-state index is 13.1. The van der Waals surface area contributed by atoms with Crippen molar-refractivity contribution in [1.29, 1.82) is 0 Å². The Morgan fingerprint density at radius 1 is 1.10 bits per heavy atom. The molecule has 29 heavy (non-hydrogen) atoms. The van der Waals surface area contributed by atoms with Gasteiger partial charge < -0.3 is 20.4 Å². The van der Waals surface area contributed by atoms with Crippen LogP contribution in [0.1, 0.15) is 13.8 Å². The molecule has 0 bridgehead atoms. The molecule has 0 saturated carbocycles. The van der Waals surface area contributed by atoms with Crippen LogP contribution in [0.4, 0.5) is 15.8 Å². The molecule has 0 fully saturated rings. The molecule has 0 saturated heterocycles. The second-order valence-corrected chi connectivity index (χ2v) is 5.58. The van der Waals surface area contributed by atoms with Gasteiger partial charge in [-0.25, -0.2) is 4.39 Å². The Bertz CT molecular complexity index is 982. The van der Waals surface area contributed by atoms with E-state index in [1.165, 1.54) is 16.7 Å². The van der Waals surface area contributed by atoms with Crippen molar-refractivity contribution in [3.63, 3.8) is 0 Å². The van der Waals surface area contributed by atoms with E-state index in [1.807, 2.05) is 13.8 Å². The van der Waals surface area contributed by atoms with Gasteiger partial charge in [-0.1, -0.05) is 19.9 Å². The first kappa shape index (κ1) is 23.5. The summed E-state index contributed by atoms with van der Waals surface area (Å²) < 4.78 is 20.5. The number of hydrogen-bond acceptors (Lipinski definition) is 4. The van der Waals surface area contributed by atoms with Gasteiger partial charge in [0.15, 0.2) is 0 Å². The average molecular weight is 397 g/mol. The van der Waals surface area contributed by atoms with Crippen LogP contribution in [0.5, 0.6) is 11.5 Å². The van der Waals surface area contributed by atoms with Crippen LogP contribution in [0, 0.1) is 5.82 Å². The summed E-state index contributed by atoms with van der Waals surface area (Å²) in [6.07, 6.45) is 1.70. The molecule has 0 amide bonds. The van der Waals surface area contributed by atoms with Crippen molar-refractivity contribution >= 4 is 11.4 Å². The summed E-state index contributed by atoms with van der Waals surface area (Å²) >= 11 is 0. The Kier molecular flexibility index (Phi) is 9.19. The van der Waals surface area contributed by atoms with E-state index in [-0.39, 0.29) is 11.4 Å². The third-order valence-corrected chi connectivity index (χ3v) is 3.84. The Hall–Kier alpha value is -3.54. The summed E-state index contributed by atoms with van der Waals surface area (Å²) in [5, 5.41) is 2.88. The fourth-order valence-electron chi connectivity index (χ4n) is 2.60. The van der Waals surface area contributed by atoms with Crippen LogP contribution in [-0.4, -0.2) is 11.6 Å². The van der Waals surface area contributed by atoms with E-state index < -0.39 is 0 Å². The van der Waals surface area contributed by atoms with Gasteiger partial charge in [-0.2, -0.15) is 0 Å². The van der Waals surface area contributed by atoms with Gasteiger partial charge >= 0.3 is 0 Å². The fraction of sp³-hybridized carbons (Fsp3) is 0.174. The summed E-state index contributed by atoms with van der Waals surface area (Å²) in [6.45, 7) is 10.0. The van der Waals surface area contributed by atoms with Crippen LogP contribution in [0.2, 0.25) is 0 Å². The molecule has 5 nitrogen and oxygen atoms in total. The van der Waals surface area contributed by atoms with Crippen molar-refractivity contribution in [3.05, 3.63) is 84.1 Å². The van der Waals surface area contributed by atoms with Crippen LogP contribution in [0.25, 0.3) is 11.1 Å². The van der Waals surface area contributed by atoms with Gasteiger partial charge in [0, 0.05) is 37.1 Å². The van der Waals surface area contributed by atoms with Gasteiger partial charge in [0.1, 0.15) is 23.0 Å². The molecule has 3 aromatic rings. The van der Waals surface area contributed by atoms with E-state index in [0.29, 0.717) is 28.4 Å². The van der Waals surface area contributed by atoms with Crippen molar-refractivity contribution < 1.29 is 9.13 Å². The number of hydrogen-bond donors (Lipinski definition) is 2. The Morgan fingerprint density at radius 2 is 1.72 bits per heavy atom. The van der Waals surface area contributed by atoms with Crippen LogP contribution < -0.4 is 21.3 Å². The van der Waals surface area contributed by atoms with Gasteiger partial charge in [-0.05, 0) is 42.5 Å². The molecule has 6 heteroatoms. The molecule has 2 aromatic carbocycles. The molecule has 3 rings (SSSR count). The molecule has 3 N–H and O–H groups in total. The lowest BCUT2D eigenvalue weighted by molar-refractivity contribution is 0.482. The summed E-state index contributed by atoms with van der Waals surface area (Å²) in [5.41, 5.74) is 8.40. The molecule has 0 radical (unpaired) electrons. The Morgan fingerprint density at radius 3 is 2.31 bits per heavy atom. The van der Waals surface area contributed by atoms with Crippen molar-refractivity contribution in [3.8, 4) is 22.6 Å². The second-order valence-electron chi connectivity index (χ2n) is 5.58. The largest absolute Gasteiger partial charge is 0.457 e. The third kappa shape index (κ3) is 5.72. The maximum absolute atomic E-state index is 13.1. The van der Waals surface area contributed by atoms with Crippen LogP contribution in [-0.2, 0) is 7.05 Å². The highest BCUT2D eigenvalue weighted by Gasteiger charge is 2.14. The minimum absolute atomic E-state index is 0.137. The van der Waals surface area contributed by atoms with Crippen LogP contribution in [0.15, 0.2) is 72.7 Å². The molecular formula is C23H28FN3O2. The average Bonchev–Trinajstić information content (AvgIpc) is 2.75. The lowest BCUT2D eigenvalue weighted by atomic mass is 10.0. The van der Waals surface area contributed by atoms with Gasteiger partial charge in [0.05, 0.1) is 0 Å². The topological polar surface area (TPSA) is 69.3 Å². The Labute approximate surface area is 171 Å². The van der Waals surface area contributed by atoms with Crippen LogP contribution >= 0.6 is 0 Å². The zero-order chi connectivity index (χ0) is 22.0. The first-order valence-electron chi connectivity index (χ1n) is 9.20. The number of nitrogens with one attached hydrogen (secondary N) is 1. The predicted molar refractivity (Wildman–Crippen MR) is 120 cm³/mol.